The fourth-order valence-corrected chi connectivity index (χ4v) is 2.24. The summed E-state index contributed by atoms with van der Waals surface area (Å²) in [6.07, 6.45) is -0.940. The third-order valence-corrected chi connectivity index (χ3v) is 3.81. The molecule has 0 aliphatic heterocycles. The molecule has 0 spiro atoms. The molecule has 12 nitrogen and oxygen atoms in total. The molecule has 12 heteroatoms. The highest BCUT2D eigenvalue weighted by Gasteiger charge is 2.07. The van der Waals surface area contributed by atoms with Crippen LogP contribution in [0.2, 0.25) is 0 Å². The smallest absolute Gasteiger partial charge is 0.411 e. The zero-order valence-electron chi connectivity index (χ0n) is 17.6. The fraction of sp³-hybridized carbons (Fsp3) is 0.182. The SMILES string of the molecule is O=C(Nc1ccc([N+](=O)[O-])cc1)OCCC#CC#CCCOC(=O)Nc1ccc([N+](=O)[O-])cc1. The Labute approximate surface area is 193 Å². The number of carbonyl (C=O) groups is 2. The van der Waals surface area contributed by atoms with Crippen LogP contribution in [0.4, 0.5) is 32.3 Å². The van der Waals surface area contributed by atoms with Gasteiger partial charge in [0.15, 0.2) is 0 Å². The molecule has 0 heterocycles. The number of nitro benzene ring substituents is 2. The maximum Gasteiger partial charge on any atom is 0.411 e. The van der Waals surface area contributed by atoms with Gasteiger partial charge in [-0.3, -0.25) is 30.9 Å². The first-order valence-electron chi connectivity index (χ1n) is 9.67. The average molecular weight is 466 g/mol. The Morgan fingerprint density at radius 1 is 0.706 bits per heavy atom. The number of ether oxygens (including phenoxy) is 2. The second kappa shape index (κ2) is 13.3. The van der Waals surface area contributed by atoms with Crippen LogP contribution < -0.4 is 10.6 Å². The maximum atomic E-state index is 11.6. The molecule has 0 aliphatic carbocycles. The van der Waals surface area contributed by atoms with Crippen LogP contribution >= 0.6 is 0 Å². The first-order chi connectivity index (χ1) is 16.3. The Morgan fingerprint density at radius 2 is 1.06 bits per heavy atom. The van der Waals surface area contributed by atoms with Gasteiger partial charge in [0.2, 0.25) is 0 Å². The average Bonchev–Trinajstić information content (AvgIpc) is 2.81. The van der Waals surface area contributed by atoms with Gasteiger partial charge in [0.25, 0.3) is 11.4 Å². The van der Waals surface area contributed by atoms with Crippen LogP contribution in [-0.4, -0.2) is 35.2 Å². The number of nitro groups is 2. The van der Waals surface area contributed by atoms with Crippen LogP contribution in [-0.2, 0) is 9.47 Å². The van der Waals surface area contributed by atoms with E-state index >= 15 is 0 Å². The van der Waals surface area contributed by atoms with Crippen molar-refractivity contribution in [3.05, 3.63) is 68.8 Å². The molecule has 2 rings (SSSR count). The molecule has 0 atom stereocenters. The Hall–Kier alpha value is -5.10. The van der Waals surface area contributed by atoms with Gasteiger partial charge in [-0.1, -0.05) is 11.8 Å². The van der Waals surface area contributed by atoms with Gasteiger partial charge < -0.3 is 9.47 Å². The van der Waals surface area contributed by atoms with Crippen molar-refractivity contribution in [3.63, 3.8) is 0 Å². The predicted molar refractivity (Wildman–Crippen MR) is 121 cm³/mol. The normalized spacial score (nSPS) is 9.29. The summed E-state index contributed by atoms with van der Waals surface area (Å²) in [5.74, 6) is 10.5. The van der Waals surface area contributed by atoms with Crippen molar-refractivity contribution in [3.8, 4) is 23.7 Å². The summed E-state index contributed by atoms with van der Waals surface area (Å²) in [5, 5.41) is 26.0. The topological polar surface area (TPSA) is 163 Å². The van der Waals surface area contributed by atoms with Crippen molar-refractivity contribution in [2.24, 2.45) is 0 Å². The Balaban J connectivity index is 1.57. The van der Waals surface area contributed by atoms with Gasteiger partial charge in [-0.05, 0) is 36.1 Å². The van der Waals surface area contributed by atoms with E-state index < -0.39 is 22.0 Å². The van der Waals surface area contributed by atoms with Crippen molar-refractivity contribution < 1.29 is 28.9 Å². The molecule has 0 unspecified atom stereocenters. The first-order valence-corrected chi connectivity index (χ1v) is 9.67. The van der Waals surface area contributed by atoms with E-state index in [0.29, 0.717) is 11.4 Å². The quantitative estimate of drug-likeness (QED) is 0.254. The Bertz CT molecular complexity index is 1060. The molecular formula is C22H18N4O8. The summed E-state index contributed by atoms with van der Waals surface area (Å²) in [4.78, 5) is 43.3. The van der Waals surface area contributed by atoms with E-state index in [1.165, 1.54) is 48.5 Å². The minimum absolute atomic E-state index is 0.0272. The third kappa shape index (κ3) is 9.36. The van der Waals surface area contributed by atoms with E-state index in [4.69, 9.17) is 9.47 Å². The molecule has 0 saturated carbocycles. The molecule has 34 heavy (non-hydrogen) atoms. The van der Waals surface area contributed by atoms with Crippen LogP contribution in [0, 0.1) is 43.9 Å². The monoisotopic (exact) mass is 466 g/mol. The van der Waals surface area contributed by atoms with E-state index in [9.17, 15) is 29.8 Å². The molecule has 2 aromatic rings. The minimum atomic E-state index is -0.717. The van der Waals surface area contributed by atoms with Gasteiger partial charge in [0.05, 0.1) is 9.85 Å². The lowest BCUT2D eigenvalue weighted by Gasteiger charge is -2.05. The van der Waals surface area contributed by atoms with Crippen LogP contribution in [0.15, 0.2) is 48.5 Å². The molecule has 0 aliphatic rings. The van der Waals surface area contributed by atoms with Crippen LogP contribution in [0.3, 0.4) is 0 Å². The number of rotatable bonds is 8. The summed E-state index contributed by atoms with van der Waals surface area (Å²) in [7, 11) is 0. The largest absolute Gasteiger partial charge is 0.448 e. The molecule has 0 aromatic heterocycles. The fourth-order valence-electron chi connectivity index (χ4n) is 2.24. The van der Waals surface area contributed by atoms with Gasteiger partial charge in [0.1, 0.15) is 13.2 Å². The lowest BCUT2D eigenvalue weighted by atomic mass is 10.3. The number of carbonyl (C=O) groups excluding carboxylic acids is 2. The standard InChI is InChI=1S/C22H18N4O8/c27-21(23-17-7-11-19(12-8-17)25(29)30)33-15-5-3-1-2-4-6-16-34-22(28)24-18-9-13-20(14-10-18)26(31)32/h7-14H,5-6,15-16H2,(H,23,27)(H,24,28). The Morgan fingerprint density at radius 3 is 1.38 bits per heavy atom. The predicted octanol–water partition coefficient (Wildman–Crippen LogP) is 4.09. The number of hydrogen-bond acceptors (Lipinski definition) is 8. The van der Waals surface area contributed by atoms with E-state index in [1.807, 2.05) is 0 Å². The first kappa shape index (κ1) is 25.2. The highest BCUT2D eigenvalue weighted by molar-refractivity contribution is 5.85. The van der Waals surface area contributed by atoms with Gasteiger partial charge >= 0.3 is 12.2 Å². The summed E-state index contributed by atoms with van der Waals surface area (Å²) in [6.45, 7) is 0.0544. The van der Waals surface area contributed by atoms with E-state index in [2.05, 4.69) is 34.3 Å². The Kier molecular flexibility index (Phi) is 9.87. The number of hydrogen-bond donors (Lipinski definition) is 2. The van der Waals surface area contributed by atoms with Crippen molar-refractivity contribution in [1.29, 1.82) is 0 Å². The van der Waals surface area contributed by atoms with Crippen LogP contribution in [0.5, 0.6) is 0 Å². The molecular weight excluding hydrogens is 448 g/mol. The summed E-state index contributed by atoms with van der Waals surface area (Å²) in [6, 6.07) is 10.6. The number of nitrogens with zero attached hydrogens (tertiary/aromatic N) is 2. The maximum absolute atomic E-state index is 11.6. The number of amides is 2. The summed E-state index contributed by atoms with van der Waals surface area (Å²) < 4.78 is 9.86. The lowest BCUT2D eigenvalue weighted by Crippen LogP contribution is -2.14. The van der Waals surface area contributed by atoms with Gasteiger partial charge in [-0.25, -0.2) is 9.59 Å². The van der Waals surface area contributed by atoms with Crippen LogP contribution in [0.1, 0.15) is 12.8 Å². The van der Waals surface area contributed by atoms with E-state index in [-0.39, 0.29) is 37.4 Å². The lowest BCUT2D eigenvalue weighted by molar-refractivity contribution is -0.385. The van der Waals surface area contributed by atoms with Gasteiger partial charge in [-0.15, -0.1) is 0 Å². The van der Waals surface area contributed by atoms with Crippen molar-refractivity contribution in [2.45, 2.75) is 12.8 Å². The molecule has 2 N–H and O–H groups in total. The van der Waals surface area contributed by atoms with Gasteiger partial charge in [0, 0.05) is 48.5 Å². The van der Waals surface area contributed by atoms with Gasteiger partial charge in [-0.2, -0.15) is 0 Å². The van der Waals surface area contributed by atoms with E-state index in [1.54, 1.807) is 0 Å². The van der Waals surface area contributed by atoms with E-state index in [0.717, 1.165) is 0 Å². The number of nitrogens with one attached hydrogen (secondary N) is 2. The molecule has 0 bridgehead atoms. The third-order valence-electron chi connectivity index (χ3n) is 3.81. The highest BCUT2D eigenvalue weighted by Crippen LogP contribution is 2.16. The molecule has 174 valence electrons. The zero-order valence-corrected chi connectivity index (χ0v) is 17.6. The molecule has 2 amide bonds. The van der Waals surface area contributed by atoms with Crippen molar-refractivity contribution >= 4 is 34.9 Å². The second-order valence-electron chi connectivity index (χ2n) is 6.23. The number of non-ortho nitro benzene ring substituents is 2. The second-order valence-corrected chi connectivity index (χ2v) is 6.23. The molecule has 0 saturated heterocycles. The van der Waals surface area contributed by atoms with Crippen molar-refractivity contribution in [2.75, 3.05) is 23.8 Å². The minimum Gasteiger partial charge on any atom is -0.448 e. The zero-order chi connectivity index (χ0) is 24.8. The van der Waals surface area contributed by atoms with Crippen molar-refractivity contribution in [1.82, 2.24) is 0 Å². The number of anilines is 2. The molecule has 2 aromatic carbocycles. The molecule has 0 fully saturated rings. The number of benzene rings is 2. The highest BCUT2D eigenvalue weighted by atomic mass is 16.6. The van der Waals surface area contributed by atoms with Crippen LogP contribution in [0.25, 0.3) is 0 Å². The summed E-state index contributed by atoms with van der Waals surface area (Å²) in [5.41, 5.74) is 0.534. The molecule has 0 radical (unpaired) electrons. The summed E-state index contributed by atoms with van der Waals surface area (Å²) >= 11 is 0.